The van der Waals surface area contributed by atoms with Gasteiger partial charge >= 0.3 is 6.03 Å². The van der Waals surface area contributed by atoms with Crippen LogP contribution in [0.2, 0.25) is 0 Å². The van der Waals surface area contributed by atoms with Crippen molar-refractivity contribution in [1.29, 1.82) is 0 Å². The van der Waals surface area contributed by atoms with E-state index in [-0.39, 0.29) is 17.0 Å². The molecule has 3 amide bonds. The maximum atomic E-state index is 14.4. The molecule has 8 nitrogen and oxygen atoms in total. The van der Waals surface area contributed by atoms with Gasteiger partial charge in [-0.15, -0.1) is 0 Å². The average molecular weight is 412 g/mol. The molecule has 0 saturated heterocycles. The number of methoxy groups -OCH3 is 1. The summed E-state index contributed by atoms with van der Waals surface area (Å²) in [5, 5.41) is 5.55. The van der Waals surface area contributed by atoms with E-state index in [1.165, 1.54) is 31.5 Å². The zero-order valence-electron chi connectivity index (χ0n) is 16.5. The quantitative estimate of drug-likeness (QED) is 0.546. The number of anilines is 1. The molecule has 3 aromatic rings. The predicted molar refractivity (Wildman–Crippen MR) is 111 cm³/mol. The van der Waals surface area contributed by atoms with Crippen LogP contribution in [0.3, 0.4) is 0 Å². The van der Waals surface area contributed by atoms with Gasteiger partial charge in [0, 0.05) is 30.3 Å². The van der Waals surface area contributed by atoms with Gasteiger partial charge in [-0.2, -0.15) is 0 Å². The molecular formula is C21H21FN4O4. The number of nitrogens with zero attached hydrogens (tertiary/aromatic N) is 1. The first-order chi connectivity index (χ1) is 14.4. The van der Waals surface area contributed by atoms with Crippen molar-refractivity contribution in [2.24, 2.45) is 5.73 Å². The second kappa shape index (κ2) is 9.08. The van der Waals surface area contributed by atoms with E-state index in [1.807, 2.05) is 6.92 Å². The van der Waals surface area contributed by atoms with Gasteiger partial charge in [-0.25, -0.2) is 9.18 Å². The van der Waals surface area contributed by atoms with Crippen LogP contribution in [0.1, 0.15) is 23.7 Å². The monoisotopic (exact) mass is 412 g/mol. The smallest absolute Gasteiger partial charge is 0.319 e. The zero-order chi connectivity index (χ0) is 21.7. The average Bonchev–Trinajstić information content (AvgIpc) is 2.73. The van der Waals surface area contributed by atoms with Crippen molar-refractivity contribution in [3.05, 3.63) is 54.0 Å². The van der Waals surface area contributed by atoms with Crippen LogP contribution < -0.4 is 25.8 Å². The van der Waals surface area contributed by atoms with Crippen LogP contribution in [0, 0.1) is 5.82 Å². The third-order valence-electron chi connectivity index (χ3n) is 4.24. The molecule has 0 radical (unpaired) electrons. The second-order valence-corrected chi connectivity index (χ2v) is 6.37. The Hall–Kier alpha value is -3.88. The molecule has 0 bridgehead atoms. The van der Waals surface area contributed by atoms with Crippen molar-refractivity contribution in [2.45, 2.75) is 13.3 Å². The van der Waals surface area contributed by atoms with Crippen molar-refractivity contribution in [1.82, 2.24) is 10.3 Å². The third-order valence-corrected chi connectivity index (χ3v) is 4.24. The van der Waals surface area contributed by atoms with Crippen molar-refractivity contribution in [3.63, 3.8) is 0 Å². The van der Waals surface area contributed by atoms with E-state index in [4.69, 9.17) is 15.2 Å². The lowest BCUT2D eigenvalue weighted by Crippen LogP contribution is -2.29. The lowest BCUT2D eigenvalue weighted by Gasteiger charge is -2.13. The van der Waals surface area contributed by atoms with Crippen LogP contribution in [-0.4, -0.2) is 30.6 Å². The zero-order valence-corrected chi connectivity index (χ0v) is 16.5. The van der Waals surface area contributed by atoms with Crippen LogP contribution in [-0.2, 0) is 0 Å². The van der Waals surface area contributed by atoms with Crippen molar-refractivity contribution in [2.75, 3.05) is 19.0 Å². The first-order valence-corrected chi connectivity index (χ1v) is 9.21. The molecule has 156 valence electrons. The fraction of sp³-hybridized carbons (Fsp3) is 0.190. The summed E-state index contributed by atoms with van der Waals surface area (Å²) in [4.78, 5) is 27.7. The number of nitrogens with two attached hydrogens (primary N) is 1. The summed E-state index contributed by atoms with van der Waals surface area (Å²) in [6.07, 6.45) is 2.29. The van der Waals surface area contributed by atoms with Gasteiger partial charge in [-0.3, -0.25) is 9.78 Å². The second-order valence-electron chi connectivity index (χ2n) is 6.37. The summed E-state index contributed by atoms with van der Waals surface area (Å²) in [7, 11) is 1.43. The molecule has 0 aliphatic heterocycles. The van der Waals surface area contributed by atoms with Crippen LogP contribution in [0.4, 0.5) is 14.9 Å². The Morgan fingerprint density at radius 1 is 1.17 bits per heavy atom. The molecule has 0 saturated carbocycles. The van der Waals surface area contributed by atoms with Gasteiger partial charge < -0.3 is 25.8 Å². The van der Waals surface area contributed by atoms with E-state index < -0.39 is 17.8 Å². The third kappa shape index (κ3) is 4.57. The number of pyridine rings is 1. The van der Waals surface area contributed by atoms with E-state index in [2.05, 4.69) is 15.6 Å². The highest BCUT2D eigenvalue weighted by Crippen LogP contribution is 2.34. The minimum atomic E-state index is -0.661. The molecule has 0 unspecified atom stereocenters. The van der Waals surface area contributed by atoms with Gasteiger partial charge in [0.15, 0.2) is 0 Å². The Morgan fingerprint density at radius 2 is 1.97 bits per heavy atom. The number of amides is 3. The number of fused-ring (bicyclic) bond motifs is 1. The van der Waals surface area contributed by atoms with Gasteiger partial charge in [0.2, 0.25) is 0 Å². The SMILES string of the molecule is CCCNC(=O)Nc1ccc(Oc2ccnc3cc(OC)c(C(N)=O)cc23)cc1F. The Kier molecular flexibility index (Phi) is 6.31. The minimum absolute atomic E-state index is 0.0243. The Morgan fingerprint density at radius 3 is 2.63 bits per heavy atom. The molecule has 30 heavy (non-hydrogen) atoms. The molecule has 3 rings (SSSR count). The number of hydrogen-bond donors (Lipinski definition) is 3. The fourth-order valence-corrected chi connectivity index (χ4v) is 2.79. The number of primary amides is 1. The van der Waals surface area contributed by atoms with E-state index >= 15 is 0 Å². The molecule has 4 N–H and O–H groups in total. The summed E-state index contributed by atoms with van der Waals surface area (Å²) in [6.45, 7) is 2.40. The van der Waals surface area contributed by atoms with Crippen LogP contribution in [0.25, 0.3) is 10.9 Å². The van der Waals surface area contributed by atoms with Gasteiger partial charge in [-0.05, 0) is 30.7 Å². The lowest BCUT2D eigenvalue weighted by molar-refractivity contribution is 0.0997. The van der Waals surface area contributed by atoms with Gasteiger partial charge in [0.05, 0.1) is 23.9 Å². The van der Waals surface area contributed by atoms with Crippen molar-refractivity contribution < 1.29 is 23.5 Å². The minimum Gasteiger partial charge on any atom is -0.496 e. The molecule has 0 aliphatic carbocycles. The lowest BCUT2D eigenvalue weighted by atomic mass is 10.1. The molecule has 0 aliphatic rings. The number of nitrogens with one attached hydrogen (secondary N) is 2. The van der Waals surface area contributed by atoms with Gasteiger partial charge in [0.1, 0.15) is 23.1 Å². The number of halogens is 1. The van der Waals surface area contributed by atoms with Gasteiger partial charge in [0.25, 0.3) is 5.91 Å². The van der Waals surface area contributed by atoms with Crippen LogP contribution in [0.5, 0.6) is 17.2 Å². The summed E-state index contributed by atoms with van der Waals surface area (Å²) in [5.41, 5.74) is 6.13. The first-order valence-electron chi connectivity index (χ1n) is 9.21. The number of carbonyl (C=O) groups excluding carboxylic acids is 2. The van der Waals surface area contributed by atoms with E-state index in [0.29, 0.717) is 28.9 Å². The number of carbonyl (C=O) groups is 2. The van der Waals surface area contributed by atoms with Crippen molar-refractivity contribution >= 4 is 28.5 Å². The van der Waals surface area contributed by atoms with E-state index in [0.717, 1.165) is 12.5 Å². The summed E-state index contributed by atoms with van der Waals surface area (Å²) >= 11 is 0. The highest BCUT2D eigenvalue weighted by molar-refractivity contribution is 6.01. The standard InChI is InChI=1S/C21H21FN4O4/c1-3-7-25-21(28)26-16-5-4-12(9-15(16)22)30-18-6-8-24-17-11-19(29-2)14(20(23)27)10-13(17)18/h4-6,8-11H,3,7H2,1-2H3,(H2,23,27)(H2,25,26,28). The molecule has 2 aromatic carbocycles. The molecule has 1 aromatic heterocycles. The first kappa shape index (κ1) is 20.8. The Balaban J connectivity index is 1.89. The molecular weight excluding hydrogens is 391 g/mol. The summed E-state index contributed by atoms with van der Waals surface area (Å²) < 4.78 is 25.4. The maximum Gasteiger partial charge on any atom is 0.319 e. The van der Waals surface area contributed by atoms with Gasteiger partial charge in [-0.1, -0.05) is 6.92 Å². The predicted octanol–water partition coefficient (Wildman–Crippen LogP) is 3.81. The van der Waals surface area contributed by atoms with E-state index in [1.54, 1.807) is 12.1 Å². The molecule has 0 fully saturated rings. The number of aromatic nitrogens is 1. The maximum absolute atomic E-state index is 14.4. The Bertz CT molecular complexity index is 1100. The normalized spacial score (nSPS) is 10.5. The molecule has 0 spiro atoms. The molecule has 0 atom stereocenters. The number of hydrogen-bond acceptors (Lipinski definition) is 5. The highest BCUT2D eigenvalue weighted by Gasteiger charge is 2.15. The molecule has 1 heterocycles. The van der Waals surface area contributed by atoms with Crippen LogP contribution >= 0.6 is 0 Å². The number of rotatable bonds is 7. The van der Waals surface area contributed by atoms with E-state index in [9.17, 15) is 14.0 Å². The number of ether oxygens (including phenoxy) is 2. The summed E-state index contributed by atoms with van der Waals surface area (Å²) in [5.74, 6) is -0.465. The fourth-order valence-electron chi connectivity index (χ4n) is 2.79. The topological polar surface area (TPSA) is 116 Å². The van der Waals surface area contributed by atoms with Crippen LogP contribution in [0.15, 0.2) is 42.6 Å². The highest BCUT2D eigenvalue weighted by atomic mass is 19.1. The summed E-state index contributed by atoms with van der Waals surface area (Å²) in [6, 6.07) is 8.26. The Labute approximate surface area is 172 Å². The van der Waals surface area contributed by atoms with Crippen molar-refractivity contribution in [3.8, 4) is 17.2 Å². The number of urea groups is 1. The molecule has 9 heteroatoms. The largest absolute Gasteiger partial charge is 0.496 e. The number of benzene rings is 2.